The smallest absolute Gasteiger partial charge is 0.237 e. The number of pyridine rings is 1. The van der Waals surface area contributed by atoms with Crippen LogP contribution >= 0.6 is 0 Å². The summed E-state index contributed by atoms with van der Waals surface area (Å²) in [6.07, 6.45) is 3.43. The van der Waals surface area contributed by atoms with Crippen LogP contribution in [0.4, 0.5) is 23.2 Å². The number of alkyl halides is 1. The van der Waals surface area contributed by atoms with E-state index >= 15 is 13.2 Å². The third kappa shape index (κ3) is 8.66. The van der Waals surface area contributed by atoms with Crippen LogP contribution in [0.5, 0.6) is 11.6 Å². The first-order valence-corrected chi connectivity index (χ1v) is 15.7. The van der Waals surface area contributed by atoms with Gasteiger partial charge in [-0.05, 0) is 51.6 Å². The number of hydrogen-bond acceptors (Lipinski definition) is 6. The van der Waals surface area contributed by atoms with E-state index < -0.39 is 50.3 Å². The van der Waals surface area contributed by atoms with Crippen LogP contribution in [-0.2, 0) is 15.8 Å². The molecular formula is C31H34F4N6O3S. The summed E-state index contributed by atoms with van der Waals surface area (Å²) in [5.74, 6) is -6.65. The second kappa shape index (κ2) is 14.2. The first kappa shape index (κ1) is 33.6. The van der Waals surface area contributed by atoms with Crippen LogP contribution in [0.1, 0.15) is 38.3 Å². The number of aliphatic imine (C=N–C) groups is 2. The lowest BCUT2D eigenvalue weighted by molar-refractivity contribution is 0.0945. The van der Waals surface area contributed by atoms with Crippen molar-refractivity contribution in [3.63, 3.8) is 0 Å². The van der Waals surface area contributed by atoms with Crippen LogP contribution in [0, 0.1) is 23.4 Å². The SMILES string of the molecule is C=N/C(=N\C(=C/C)c1cccnc1Oc1cc(F)c(NS(=O)(=O)Cc2ccccc2)c(F)c1F)NC1CNCC(C(C)(C)F)C1. The molecular weight excluding hydrogens is 612 g/mol. The highest BCUT2D eigenvalue weighted by Gasteiger charge is 2.34. The van der Waals surface area contributed by atoms with Gasteiger partial charge in [0.15, 0.2) is 17.4 Å². The summed E-state index contributed by atoms with van der Waals surface area (Å²) >= 11 is 0. The van der Waals surface area contributed by atoms with Crippen LogP contribution in [-0.4, -0.2) is 50.9 Å². The number of nitrogens with zero attached hydrogens (tertiary/aromatic N) is 3. The second-order valence-corrected chi connectivity index (χ2v) is 12.7. The van der Waals surface area contributed by atoms with Crippen molar-refractivity contribution in [1.82, 2.24) is 15.6 Å². The van der Waals surface area contributed by atoms with Gasteiger partial charge < -0.3 is 15.4 Å². The van der Waals surface area contributed by atoms with Crippen molar-refractivity contribution >= 4 is 34.1 Å². The molecule has 3 N–H and O–H groups in total. The first-order valence-electron chi connectivity index (χ1n) is 14.0. The first-order chi connectivity index (χ1) is 21.3. The van der Waals surface area contributed by atoms with Gasteiger partial charge in [-0.3, -0.25) is 4.72 Å². The Morgan fingerprint density at radius 3 is 2.56 bits per heavy atom. The normalized spacial score (nSPS) is 17.9. The van der Waals surface area contributed by atoms with Gasteiger partial charge in [0.05, 0.1) is 17.0 Å². The Kier molecular flexibility index (Phi) is 10.6. The summed E-state index contributed by atoms with van der Waals surface area (Å²) < 4.78 is 92.1. The maximum Gasteiger partial charge on any atom is 0.237 e. The van der Waals surface area contributed by atoms with Crippen molar-refractivity contribution < 1.29 is 30.7 Å². The number of benzene rings is 2. The summed E-state index contributed by atoms with van der Waals surface area (Å²) in [5, 5.41) is 6.35. The van der Waals surface area contributed by atoms with Gasteiger partial charge in [-0.25, -0.2) is 36.6 Å². The number of hydrogen-bond donors (Lipinski definition) is 3. The molecule has 1 aliphatic rings. The predicted molar refractivity (Wildman–Crippen MR) is 167 cm³/mol. The van der Waals surface area contributed by atoms with Crippen LogP contribution in [0.3, 0.4) is 0 Å². The number of nitrogens with one attached hydrogen (secondary N) is 3. The summed E-state index contributed by atoms with van der Waals surface area (Å²) in [6.45, 7) is 9.36. The average molecular weight is 647 g/mol. The van der Waals surface area contributed by atoms with E-state index in [0.717, 1.165) is 0 Å². The fourth-order valence-corrected chi connectivity index (χ4v) is 5.96. The molecule has 9 nitrogen and oxygen atoms in total. The molecule has 14 heteroatoms. The molecule has 2 atom stereocenters. The maximum atomic E-state index is 15.1. The number of halogens is 4. The van der Waals surface area contributed by atoms with Crippen molar-refractivity contribution in [3.05, 3.63) is 89.4 Å². The van der Waals surface area contributed by atoms with Crippen LogP contribution in [0.2, 0.25) is 0 Å². The molecule has 0 bridgehead atoms. The Bertz CT molecular complexity index is 1700. The summed E-state index contributed by atoms with van der Waals surface area (Å²) in [6, 6.07) is 11.4. The Morgan fingerprint density at radius 2 is 1.89 bits per heavy atom. The molecule has 45 heavy (non-hydrogen) atoms. The monoisotopic (exact) mass is 646 g/mol. The number of ether oxygens (including phenoxy) is 1. The Labute approximate surface area is 259 Å². The maximum absolute atomic E-state index is 15.1. The third-order valence-electron chi connectivity index (χ3n) is 7.14. The molecule has 2 heterocycles. The van der Waals surface area contributed by atoms with Gasteiger partial charge in [-0.15, -0.1) is 0 Å². The molecule has 1 fully saturated rings. The van der Waals surface area contributed by atoms with E-state index in [-0.39, 0.29) is 35.1 Å². The highest BCUT2D eigenvalue weighted by atomic mass is 32.2. The van der Waals surface area contributed by atoms with Crippen molar-refractivity contribution in [1.29, 1.82) is 0 Å². The van der Waals surface area contributed by atoms with Gasteiger partial charge in [0.2, 0.25) is 27.7 Å². The molecule has 4 rings (SSSR count). The molecule has 0 saturated carbocycles. The van der Waals surface area contributed by atoms with Gasteiger partial charge in [-0.1, -0.05) is 36.4 Å². The minimum Gasteiger partial charge on any atom is -0.435 e. The molecule has 1 aliphatic heterocycles. The van der Waals surface area contributed by atoms with E-state index in [4.69, 9.17) is 4.74 Å². The largest absolute Gasteiger partial charge is 0.435 e. The van der Waals surface area contributed by atoms with Gasteiger partial charge >= 0.3 is 0 Å². The van der Waals surface area contributed by atoms with Crippen molar-refractivity contribution in [2.45, 2.75) is 44.7 Å². The Morgan fingerprint density at radius 1 is 1.16 bits per heavy atom. The number of sulfonamides is 1. The number of allylic oxidation sites excluding steroid dienone is 1. The number of piperidine rings is 1. The molecule has 1 saturated heterocycles. The second-order valence-electron chi connectivity index (χ2n) is 10.9. The summed E-state index contributed by atoms with van der Waals surface area (Å²) in [7, 11) is -4.29. The van der Waals surface area contributed by atoms with Crippen LogP contribution < -0.4 is 20.1 Å². The van der Waals surface area contributed by atoms with Crippen molar-refractivity contribution in [2.75, 3.05) is 17.8 Å². The van der Waals surface area contributed by atoms with Crippen molar-refractivity contribution in [3.8, 4) is 11.6 Å². The summed E-state index contributed by atoms with van der Waals surface area (Å²) in [5.41, 5.74) is -1.73. The molecule has 2 unspecified atom stereocenters. The van der Waals surface area contributed by atoms with E-state index in [1.165, 1.54) is 32.2 Å². The van der Waals surface area contributed by atoms with E-state index in [1.54, 1.807) is 48.1 Å². The van der Waals surface area contributed by atoms with Crippen LogP contribution in [0.15, 0.2) is 70.8 Å². The fraction of sp³-hybridized carbons (Fsp3) is 0.323. The third-order valence-corrected chi connectivity index (χ3v) is 8.37. The van der Waals surface area contributed by atoms with E-state index in [9.17, 15) is 12.8 Å². The lowest BCUT2D eigenvalue weighted by Crippen LogP contribution is -2.52. The van der Waals surface area contributed by atoms with E-state index in [1.807, 2.05) is 0 Å². The zero-order chi connectivity index (χ0) is 32.8. The Balaban J connectivity index is 1.57. The molecule has 3 aromatic rings. The molecule has 0 amide bonds. The van der Waals surface area contributed by atoms with Gasteiger partial charge in [-0.2, -0.15) is 4.39 Å². The van der Waals surface area contributed by atoms with E-state index in [2.05, 4.69) is 32.3 Å². The molecule has 0 radical (unpaired) electrons. The van der Waals surface area contributed by atoms with Gasteiger partial charge in [0.25, 0.3) is 0 Å². The molecule has 2 aromatic carbocycles. The van der Waals surface area contributed by atoms with Crippen molar-refractivity contribution in [2.24, 2.45) is 15.9 Å². The number of guanidine groups is 1. The quantitative estimate of drug-likeness (QED) is 0.108. The highest BCUT2D eigenvalue weighted by Crippen LogP contribution is 2.35. The number of anilines is 1. The number of rotatable bonds is 10. The van der Waals surface area contributed by atoms with Gasteiger partial charge in [0.1, 0.15) is 11.4 Å². The predicted octanol–water partition coefficient (Wildman–Crippen LogP) is 5.97. The van der Waals surface area contributed by atoms with Gasteiger partial charge in [0, 0.05) is 37.3 Å². The minimum absolute atomic E-state index is 0.123. The highest BCUT2D eigenvalue weighted by molar-refractivity contribution is 7.91. The van der Waals surface area contributed by atoms with E-state index in [0.29, 0.717) is 31.1 Å². The van der Waals surface area contributed by atoms with Crippen LogP contribution in [0.25, 0.3) is 5.70 Å². The minimum atomic E-state index is -4.29. The molecule has 1 aromatic heterocycles. The summed E-state index contributed by atoms with van der Waals surface area (Å²) in [4.78, 5) is 12.5. The zero-order valence-corrected chi connectivity index (χ0v) is 25.8. The number of aromatic nitrogens is 1. The fourth-order valence-electron chi connectivity index (χ4n) is 4.76. The molecule has 240 valence electrons. The standard InChI is InChI=1S/C31H34F4N6O3S/c1-5-24(40-30(36-4)39-21-14-20(16-37-17-21)31(2,3)35)22-12-9-13-38-29(22)44-25-15-23(32)28(27(34)26(25)33)41-45(42,43)18-19-10-7-6-8-11-19/h5-13,15,20-21,37,41H,4,14,16-18H2,1-3H3,(H,39,40)/b24-5-. The Hall–Kier alpha value is -4.30. The molecule has 0 spiro atoms. The lowest BCUT2D eigenvalue weighted by Gasteiger charge is -2.36. The topological polar surface area (TPSA) is 117 Å². The lowest BCUT2D eigenvalue weighted by atomic mass is 9.84. The zero-order valence-electron chi connectivity index (χ0n) is 25.0. The molecule has 0 aliphatic carbocycles. The average Bonchev–Trinajstić information content (AvgIpc) is 3.00.